The number of rotatable bonds is 3. The first kappa shape index (κ1) is 16.4. The summed E-state index contributed by atoms with van der Waals surface area (Å²) in [6, 6.07) is 17.1. The quantitative estimate of drug-likeness (QED) is 0.636. The van der Waals surface area contributed by atoms with Crippen molar-refractivity contribution in [1.29, 1.82) is 0 Å². The van der Waals surface area contributed by atoms with Crippen LogP contribution in [0.1, 0.15) is 25.0 Å². The van der Waals surface area contributed by atoms with Crippen LogP contribution in [0.3, 0.4) is 0 Å². The van der Waals surface area contributed by atoms with Gasteiger partial charge in [0.25, 0.3) is 0 Å². The predicted octanol–water partition coefficient (Wildman–Crippen LogP) is 3.07. The maximum atomic E-state index is 12.5. The summed E-state index contributed by atoms with van der Waals surface area (Å²) < 4.78 is 26.4. The number of fused-ring (bicyclic) bond motifs is 1. The number of hydrogen-bond acceptors (Lipinski definition) is 4. The standard InChI is InChI=1S/C18H19N3O2S/c1-3-21-18-12-8-7-11-16(18)17(13-24(21,22)23)20-19-14(2)15-9-5-4-6-10-15/h4-12H,3,13H2,1-2H3/b19-14+,20-17+. The topological polar surface area (TPSA) is 62.1 Å². The molecule has 0 saturated heterocycles. The van der Waals surface area contributed by atoms with Crippen LogP contribution in [0, 0.1) is 0 Å². The Balaban J connectivity index is 2.05. The van der Waals surface area contributed by atoms with Crippen molar-refractivity contribution in [1.82, 2.24) is 0 Å². The summed E-state index contributed by atoms with van der Waals surface area (Å²) in [5.41, 5.74) is 3.67. The number of benzene rings is 2. The average Bonchev–Trinajstić information content (AvgIpc) is 2.59. The molecule has 2 aromatic rings. The normalized spacial score (nSPS) is 18.5. The van der Waals surface area contributed by atoms with Crippen LogP contribution in [-0.2, 0) is 10.0 Å². The highest BCUT2D eigenvalue weighted by atomic mass is 32.2. The Morgan fingerprint density at radius 3 is 2.46 bits per heavy atom. The van der Waals surface area contributed by atoms with Gasteiger partial charge in [0.05, 0.1) is 17.1 Å². The molecule has 0 bridgehead atoms. The lowest BCUT2D eigenvalue weighted by Crippen LogP contribution is -2.40. The second-order valence-corrected chi connectivity index (χ2v) is 7.43. The van der Waals surface area contributed by atoms with E-state index in [1.807, 2.05) is 62.4 Å². The van der Waals surface area contributed by atoms with Crippen molar-refractivity contribution in [3.05, 3.63) is 65.7 Å². The van der Waals surface area contributed by atoms with Crippen molar-refractivity contribution < 1.29 is 8.42 Å². The van der Waals surface area contributed by atoms with Crippen molar-refractivity contribution in [3.63, 3.8) is 0 Å². The largest absolute Gasteiger partial charge is 0.270 e. The molecule has 3 rings (SSSR count). The van der Waals surface area contributed by atoms with Gasteiger partial charge in [-0.25, -0.2) is 8.42 Å². The fourth-order valence-corrected chi connectivity index (χ4v) is 4.30. The molecule has 2 aromatic carbocycles. The third kappa shape index (κ3) is 3.10. The highest BCUT2D eigenvalue weighted by Crippen LogP contribution is 2.29. The number of para-hydroxylation sites is 1. The van der Waals surface area contributed by atoms with Crippen molar-refractivity contribution in [2.75, 3.05) is 16.6 Å². The minimum Gasteiger partial charge on any atom is -0.270 e. The van der Waals surface area contributed by atoms with Crippen LogP contribution in [0.2, 0.25) is 0 Å². The van der Waals surface area contributed by atoms with Gasteiger partial charge in [-0.15, -0.1) is 0 Å². The molecule has 1 heterocycles. The van der Waals surface area contributed by atoms with Gasteiger partial charge in [0.15, 0.2) is 0 Å². The van der Waals surface area contributed by atoms with E-state index in [0.29, 0.717) is 17.9 Å². The van der Waals surface area contributed by atoms with E-state index < -0.39 is 10.0 Å². The zero-order valence-electron chi connectivity index (χ0n) is 13.7. The average molecular weight is 341 g/mol. The highest BCUT2D eigenvalue weighted by Gasteiger charge is 2.32. The van der Waals surface area contributed by atoms with Crippen LogP contribution in [0.15, 0.2) is 64.8 Å². The number of sulfonamides is 1. The molecule has 0 aliphatic carbocycles. The van der Waals surface area contributed by atoms with Crippen molar-refractivity contribution in [2.45, 2.75) is 13.8 Å². The molecule has 0 spiro atoms. The Labute approximate surface area is 142 Å². The van der Waals surface area contributed by atoms with Gasteiger partial charge >= 0.3 is 0 Å². The maximum Gasteiger partial charge on any atom is 0.241 e. The Hall–Kier alpha value is -2.47. The first-order chi connectivity index (χ1) is 11.5. The summed E-state index contributed by atoms with van der Waals surface area (Å²) in [5, 5.41) is 8.52. The molecule has 5 nitrogen and oxygen atoms in total. The van der Waals surface area contributed by atoms with Gasteiger partial charge in [0.1, 0.15) is 5.75 Å². The van der Waals surface area contributed by atoms with Gasteiger partial charge in [0, 0.05) is 12.1 Å². The van der Waals surface area contributed by atoms with Crippen molar-refractivity contribution >= 4 is 27.1 Å². The molecule has 0 N–H and O–H groups in total. The minimum atomic E-state index is -3.42. The number of nitrogens with zero attached hydrogens (tertiary/aromatic N) is 3. The molecule has 0 radical (unpaired) electrons. The SMILES string of the molecule is CCN1c2ccccc2/C(=N/N=C(\C)c2ccccc2)CS1(=O)=O. The Bertz CT molecular complexity index is 903. The molecule has 0 aromatic heterocycles. The molecular weight excluding hydrogens is 322 g/mol. The van der Waals surface area contributed by atoms with Gasteiger partial charge in [-0.1, -0.05) is 48.5 Å². The fourth-order valence-electron chi connectivity index (χ4n) is 2.74. The summed E-state index contributed by atoms with van der Waals surface area (Å²) in [5.74, 6) is -0.135. The fraction of sp³-hybridized carbons (Fsp3) is 0.222. The summed E-state index contributed by atoms with van der Waals surface area (Å²) in [6.07, 6.45) is 0. The lowest BCUT2D eigenvalue weighted by Gasteiger charge is -2.29. The van der Waals surface area contributed by atoms with E-state index in [4.69, 9.17) is 0 Å². The van der Waals surface area contributed by atoms with Crippen molar-refractivity contribution in [3.8, 4) is 0 Å². The van der Waals surface area contributed by atoms with E-state index in [2.05, 4.69) is 10.2 Å². The molecule has 0 fully saturated rings. The molecule has 124 valence electrons. The van der Waals surface area contributed by atoms with Gasteiger partial charge in [-0.2, -0.15) is 10.2 Å². The van der Waals surface area contributed by atoms with E-state index in [1.54, 1.807) is 6.07 Å². The third-order valence-corrected chi connectivity index (χ3v) is 5.70. The summed E-state index contributed by atoms with van der Waals surface area (Å²) in [7, 11) is -3.42. The second kappa shape index (κ2) is 6.57. The molecule has 0 saturated carbocycles. The van der Waals surface area contributed by atoms with Gasteiger partial charge in [-0.05, 0) is 25.5 Å². The summed E-state index contributed by atoms with van der Waals surface area (Å²) >= 11 is 0. The molecule has 1 aliphatic heterocycles. The highest BCUT2D eigenvalue weighted by molar-refractivity contribution is 7.93. The molecule has 0 amide bonds. The van der Waals surface area contributed by atoms with E-state index in [-0.39, 0.29) is 5.75 Å². The monoisotopic (exact) mass is 341 g/mol. The lowest BCUT2D eigenvalue weighted by molar-refractivity contribution is 0.595. The Morgan fingerprint density at radius 1 is 1.08 bits per heavy atom. The van der Waals surface area contributed by atoms with E-state index in [1.165, 1.54) is 4.31 Å². The first-order valence-electron chi connectivity index (χ1n) is 7.79. The smallest absolute Gasteiger partial charge is 0.241 e. The van der Waals surface area contributed by atoms with Gasteiger partial charge in [-0.3, -0.25) is 4.31 Å². The van der Waals surface area contributed by atoms with Crippen LogP contribution >= 0.6 is 0 Å². The molecule has 0 unspecified atom stereocenters. The molecular formula is C18H19N3O2S. The zero-order chi connectivity index (χ0) is 17.2. The van der Waals surface area contributed by atoms with E-state index in [0.717, 1.165) is 16.8 Å². The summed E-state index contributed by atoms with van der Waals surface area (Å²) in [6.45, 7) is 4.09. The van der Waals surface area contributed by atoms with E-state index in [9.17, 15) is 8.42 Å². The minimum absolute atomic E-state index is 0.135. The number of anilines is 1. The lowest BCUT2D eigenvalue weighted by atomic mass is 10.1. The predicted molar refractivity (Wildman–Crippen MR) is 98.4 cm³/mol. The Morgan fingerprint density at radius 2 is 1.75 bits per heavy atom. The van der Waals surface area contributed by atoms with Gasteiger partial charge in [0.2, 0.25) is 10.0 Å². The van der Waals surface area contributed by atoms with Crippen LogP contribution in [-0.4, -0.2) is 32.1 Å². The van der Waals surface area contributed by atoms with Crippen LogP contribution in [0.25, 0.3) is 0 Å². The van der Waals surface area contributed by atoms with Crippen LogP contribution in [0.5, 0.6) is 0 Å². The molecule has 0 atom stereocenters. The third-order valence-electron chi connectivity index (χ3n) is 3.94. The summed E-state index contributed by atoms with van der Waals surface area (Å²) in [4.78, 5) is 0. The van der Waals surface area contributed by atoms with E-state index >= 15 is 0 Å². The maximum absolute atomic E-state index is 12.5. The molecule has 6 heteroatoms. The molecule has 24 heavy (non-hydrogen) atoms. The Kier molecular flexibility index (Phi) is 4.49. The van der Waals surface area contributed by atoms with Crippen LogP contribution in [0.4, 0.5) is 5.69 Å². The molecule has 1 aliphatic rings. The first-order valence-corrected chi connectivity index (χ1v) is 9.40. The number of hydrogen-bond donors (Lipinski definition) is 0. The second-order valence-electron chi connectivity index (χ2n) is 5.54. The van der Waals surface area contributed by atoms with Crippen LogP contribution < -0.4 is 4.31 Å². The zero-order valence-corrected chi connectivity index (χ0v) is 14.5. The van der Waals surface area contributed by atoms with Gasteiger partial charge < -0.3 is 0 Å². The van der Waals surface area contributed by atoms with Crippen molar-refractivity contribution in [2.24, 2.45) is 10.2 Å².